The molecule has 0 aliphatic carbocycles. The van der Waals surface area contributed by atoms with E-state index in [4.69, 9.17) is 14.2 Å². The van der Waals surface area contributed by atoms with Crippen LogP contribution in [0.25, 0.3) is 0 Å². The minimum absolute atomic E-state index is 0.117. The molecule has 8 nitrogen and oxygen atoms in total. The van der Waals surface area contributed by atoms with E-state index in [9.17, 15) is 9.59 Å². The fourth-order valence-electron chi connectivity index (χ4n) is 3.38. The number of nitrogens with one attached hydrogen (secondary N) is 3. The van der Waals surface area contributed by atoms with Crippen molar-refractivity contribution in [1.29, 1.82) is 0 Å². The molecule has 2 amide bonds. The van der Waals surface area contributed by atoms with Gasteiger partial charge in [-0.25, -0.2) is 0 Å². The number of hydrogen-bond acceptors (Lipinski definition) is 5. The predicted molar refractivity (Wildman–Crippen MR) is 117 cm³/mol. The number of anilines is 1. The van der Waals surface area contributed by atoms with E-state index in [-0.39, 0.29) is 30.9 Å². The first kappa shape index (κ1) is 22.4. The van der Waals surface area contributed by atoms with Gasteiger partial charge in [-0.05, 0) is 43.7 Å². The van der Waals surface area contributed by atoms with Crippen LogP contribution in [0.4, 0.5) is 5.69 Å². The summed E-state index contributed by atoms with van der Waals surface area (Å²) in [6.07, 6.45) is 0. The van der Waals surface area contributed by atoms with E-state index in [0.29, 0.717) is 36.9 Å². The van der Waals surface area contributed by atoms with E-state index >= 15 is 0 Å². The third-order valence-electron chi connectivity index (χ3n) is 5.12. The molecule has 0 fully saturated rings. The summed E-state index contributed by atoms with van der Waals surface area (Å²) in [6.45, 7) is 5.98. The van der Waals surface area contributed by atoms with Gasteiger partial charge in [0.1, 0.15) is 19.0 Å². The Kier molecular flexibility index (Phi) is 7.72. The number of likely N-dealkylation sites (N-methyl/N-ethyl adjacent to an activating group) is 1. The largest absolute Gasteiger partial charge is 0.497 e. The van der Waals surface area contributed by atoms with Crippen molar-refractivity contribution >= 4 is 17.5 Å². The SMILES string of the molecule is CC[NH+](CC(=O)Nc1cccc(OC)c1)CC(=O)N[C@@H](C)c1ccc2c(c1)OCCO2. The Morgan fingerprint density at radius 2 is 1.81 bits per heavy atom. The molecule has 0 spiro atoms. The van der Waals surface area contributed by atoms with Crippen molar-refractivity contribution in [2.45, 2.75) is 19.9 Å². The van der Waals surface area contributed by atoms with Crippen LogP contribution in [0, 0.1) is 0 Å². The van der Waals surface area contributed by atoms with Crippen LogP contribution in [-0.4, -0.2) is 51.8 Å². The van der Waals surface area contributed by atoms with Gasteiger partial charge in [-0.1, -0.05) is 12.1 Å². The van der Waals surface area contributed by atoms with Crippen molar-refractivity contribution in [2.75, 3.05) is 45.3 Å². The quantitative estimate of drug-likeness (QED) is 0.558. The average Bonchev–Trinajstić information content (AvgIpc) is 2.78. The first-order valence-corrected chi connectivity index (χ1v) is 10.4. The first-order valence-electron chi connectivity index (χ1n) is 10.4. The second kappa shape index (κ2) is 10.7. The zero-order chi connectivity index (χ0) is 22.2. The third-order valence-corrected chi connectivity index (χ3v) is 5.12. The van der Waals surface area contributed by atoms with Gasteiger partial charge in [0.2, 0.25) is 0 Å². The van der Waals surface area contributed by atoms with Crippen LogP contribution in [-0.2, 0) is 9.59 Å². The van der Waals surface area contributed by atoms with Gasteiger partial charge in [0.05, 0.1) is 19.7 Å². The molecule has 1 heterocycles. The van der Waals surface area contributed by atoms with Crippen molar-refractivity contribution in [3.05, 3.63) is 48.0 Å². The number of methoxy groups -OCH3 is 1. The molecule has 3 rings (SSSR count). The van der Waals surface area contributed by atoms with Gasteiger partial charge in [-0.2, -0.15) is 0 Å². The fourth-order valence-corrected chi connectivity index (χ4v) is 3.38. The van der Waals surface area contributed by atoms with Crippen LogP contribution >= 0.6 is 0 Å². The van der Waals surface area contributed by atoms with E-state index in [1.54, 1.807) is 19.2 Å². The van der Waals surface area contributed by atoms with Gasteiger partial charge < -0.3 is 29.7 Å². The molecule has 2 aromatic carbocycles. The Morgan fingerprint density at radius 1 is 1.06 bits per heavy atom. The van der Waals surface area contributed by atoms with E-state index in [2.05, 4.69) is 10.6 Å². The van der Waals surface area contributed by atoms with E-state index in [0.717, 1.165) is 16.2 Å². The fraction of sp³-hybridized carbons (Fsp3) is 0.391. The van der Waals surface area contributed by atoms with Crippen molar-refractivity contribution in [1.82, 2.24) is 5.32 Å². The summed E-state index contributed by atoms with van der Waals surface area (Å²) in [4.78, 5) is 25.9. The minimum Gasteiger partial charge on any atom is -0.497 e. The lowest BCUT2D eigenvalue weighted by Crippen LogP contribution is -3.14. The van der Waals surface area contributed by atoms with Gasteiger partial charge >= 0.3 is 0 Å². The van der Waals surface area contributed by atoms with Crippen molar-refractivity contribution < 1.29 is 28.7 Å². The number of carbonyl (C=O) groups excluding carboxylic acids is 2. The Hall–Kier alpha value is -3.26. The highest BCUT2D eigenvalue weighted by atomic mass is 16.6. The van der Waals surface area contributed by atoms with Gasteiger partial charge in [0.15, 0.2) is 24.6 Å². The van der Waals surface area contributed by atoms with Crippen LogP contribution in [0.15, 0.2) is 42.5 Å². The summed E-state index contributed by atoms with van der Waals surface area (Å²) in [7, 11) is 1.58. The topological polar surface area (TPSA) is 90.3 Å². The Labute approximate surface area is 182 Å². The number of hydrogen-bond donors (Lipinski definition) is 3. The van der Waals surface area contributed by atoms with Crippen LogP contribution < -0.4 is 29.7 Å². The highest BCUT2D eigenvalue weighted by molar-refractivity contribution is 5.91. The maximum Gasteiger partial charge on any atom is 0.279 e. The number of quaternary nitrogens is 1. The second-order valence-corrected chi connectivity index (χ2v) is 7.43. The number of benzene rings is 2. The number of ether oxygens (including phenoxy) is 3. The van der Waals surface area contributed by atoms with Crippen molar-refractivity contribution in [3.63, 3.8) is 0 Å². The molecule has 1 aliphatic rings. The Balaban J connectivity index is 1.51. The third kappa shape index (κ3) is 6.36. The molecule has 8 heteroatoms. The number of fused-ring (bicyclic) bond motifs is 1. The van der Waals surface area contributed by atoms with E-state index in [1.165, 1.54) is 0 Å². The summed E-state index contributed by atoms with van der Waals surface area (Å²) < 4.78 is 16.3. The summed E-state index contributed by atoms with van der Waals surface area (Å²) in [5, 5.41) is 5.85. The number of amides is 2. The first-order chi connectivity index (χ1) is 15.0. The summed E-state index contributed by atoms with van der Waals surface area (Å²) in [5.41, 5.74) is 1.60. The summed E-state index contributed by atoms with van der Waals surface area (Å²) in [5.74, 6) is 1.81. The normalized spacial score (nSPS) is 14.3. The van der Waals surface area contributed by atoms with Crippen LogP contribution in [0.2, 0.25) is 0 Å². The average molecular weight is 429 g/mol. The predicted octanol–water partition coefficient (Wildman–Crippen LogP) is 1.19. The lowest BCUT2D eigenvalue weighted by molar-refractivity contribution is -0.881. The number of rotatable bonds is 9. The van der Waals surface area contributed by atoms with E-state index < -0.39 is 0 Å². The molecule has 0 aromatic heterocycles. The van der Waals surface area contributed by atoms with Crippen LogP contribution in [0.5, 0.6) is 17.2 Å². The molecule has 166 valence electrons. The molecular formula is C23H30N3O5+. The Bertz CT molecular complexity index is 918. The Morgan fingerprint density at radius 3 is 2.55 bits per heavy atom. The highest BCUT2D eigenvalue weighted by Gasteiger charge is 2.20. The van der Waals surface area contributed by atoms with Crippen molar-refractivity contribution in [3.8, 4) is 17.2 Å². The standard InChI is InChI=1S/C23H29N3O5/c1-4-26(15-23(28)25-18-6-5-7-19(13-18)29-3)14-22(27)24-16(2)17-8-9-20-21(12-17)31-11-10-30-20/h5-9,12-13,16H,4,10-11,14-15H2,1-3H3,(H,24,27)(H,25,28)/p+1/t16-/m0/s1. The summed E-state index contributed by atoms with van der Waals surface area (Å²) in [6, 6.07) is 12.7. The maximum atomic E-state index is 12.6. The summed E-state index contributed by atoms with van der Waals surface area (Å²) >= 11 is 0. The van der Waals surface area contributed by atoms with Crippen molar-refractivity contribution in [2.24, 2.45) is 0 Å². The van der Waals surface area contributed by atoms with Crippen LogP contribution in [0.1, 0.15) is 25.5 Å². The van der Waals surface area contributed by atoms with Gasteiger partial charge in [-0.15, -0.1) is 0 Å². The second-order valence-electron chi connectivity index (χ2n) is 7.43. The molecule has 3 N–H and O–H groups in total. The molecule has 2 atom stereocenters. The van der Waals surface area contributed by atoms with E-state index in [1.807, 2.05) is 44.2 Å². The molecule has 1 aliphatic heterocycles. The molecule has 0 bridgehead atoms. The highest BCUT2D eigenvalue weighted by Crippen LogP contribution is 2.32. The molecule has 2 aromatic rings. The molecular weight excluding hydrogens is 398 g/mol. The molecule has 1 unspecified atom stereocenters. The van der Waals surface area contributed by atoms with Gasteiger partial charge in [-0.3, -0.25) is 9.59 Å². The van der Waals surface area contributed by atoms with Crippen LogP contribution in [0.3, 0.4) is 0 Å². The molecule has 31 heavy (non-hydrogen) atoms. The zero-order valence-electron chi connectivity index (χ0n) is 18.2. The minimum atomic E-state index is -0.188. The monoisotopic (exact) mass is 428 g/mol. The molecule has 0 radical (unpaired) electrons. The zero-order valence-corrected chi connectivity index (χ0v) is 18.2. The number of carbonyl (C=O) groups is 2. The maximum absolute atomic E-state index is 12.6. The molecule has 0 saturated carbocycles. The smallest absolute Gasteiger partial charge is 0.279 e. The molecule has 0 saturated heterocycles. The lowest BCUT2D eigenvalue weighted by atomic mass is 10.1. The lowest BCUT2D eigenvalue weighted by Gasteiger charge is -2.22. The van der Waals surface area contributed by atoms with Gasteiger partial charge in [0, 0.05) is 11.8 Å². The van der Waals surface area contributed by atoms with Gasteiger partial charge in [0.25, 0.3) is 11.8 Å².